The molecule has 1 heterocycles. The molecule has 3 rings (SSSR count). The molecule has 0 atom stereocenters. The number of H-pyrrole nitrogens is 1. The van der Waals surface area contributed by atoms with Crippen molar-refractivity contribution in [1.82, 2.24) is 9.97 Å². The van der Waals surface area contributed by atoms with E-state index >= 15 is 0 Å². The standard InChI is InChI=1S/C15H17N3O2S/c16-13-9-14(19)18-15(17-13)21-7-6-20-12-5-4-10-2-1-3-11(10)8-12/h4-5,8-9H,1-3,6-7H2,(H3,16,17,18,19). The minimum absolute atomic E-state index is 0.232. The number of benzene rings is 1. The van der Waals surface area contributed by atoms with Crippen molar-refractivity contribution in [3.05, 3.63) is 45.7 Å². The van der Waals surface area contributed by atoms with Gasteiger partial charge in [-0.3, -0.25) is 4.79 Å². The molecule has 0 fully saturated rings. The van der Waals surface area contributed by atoms with Gasteiger partial charge in [0.2, 0.25) is 0 Å². The van der Waals surface area contributed by atoms with Gasteiger partial charge in [0.05, 0.1) is 6.61 Å². The molecule has 1 aromatic heterocycles. The molecule has 21 heavy (non-hydrogen) atoms. The largest absolute Gasteiger partial charge is 0.493 e. The van der Waals surface area contributed by atoms with Gasteiger partial charge in [0.15, 0.2) is 5.16 Å². The van der Waals surface area contributed by atoms with Crippen molar-refractivity contribution in [3.63, 3.8) is 0 Å². The number of rotatable bonds is 5. The molecule has 1 aliphatic rings. The molecule has 3 N–H and O–H groups in total. The average molecular weight is 303 g/mol. The third kappa shape index (κ3) is 3.58. The van der Waals surface area contributed by atoms with Crippen LogP contribution in [0.5, 0.6) is 5.75 Å². The maximum Gasteiger partial charge on any atom is 0.253 e. The molecule has 110 valence electrons. The number of nitrogens with zero attached hydrogens (tertiary/aromatic N) is 1. The molecular formula is C15H17N3O2S. The highest BCUT2D eigenvalue weighted by Gasteiger charge is 2.11. The highest BCUT2D eigenvalue weighted by atomic mass is 32.2. The fraction of sp³-hybridized carbons (Fsp3) is 0.333. The van der Waals surface area contributed by atoms with Crippen molar-refractivity contribution in [2.75, 3.05) is 18.1 Å². The Morgan fingerprint density at radius 2 is 2.14 bits per heavy atom. The molecule has 2 aromatic rings. The van der Waals surface area contributed by atoms with Crippen LogP contribution in [-0.2, 0) is 12.8 Å². The van der Waals surface area contributed by atoms with E-state index in [1.165, 1.54) is 41.8 Å². The van der Waals surface area contributed by atoms with Crippen LogP contribution in [0.1, 0.15) is 17.5 Å². The maximum atomic E-state index is 11.3. The summed E-state index contributed by atoms with van der Waals surface area (Å²) in [7, 11) is 0. The molecule has 0 spiro atoms. The predicted octanol–water partition coefficient (Wildman–Crippen LogP) is 2.01. The molecule has 0 aliphatic heterocycles. The molecule has 0 unspecified atom stereocenters. The molecule has 1 aliphatic carbocycles. The number of aromatic nitrogens is 2. The number of fused-ring (bicyclic) bond motifs is 1. The smallest absolute Gasteiger partial charge is 0.253 e. The van der Waals surface area contributed by atoms with Gasteiger partial charge < -0.3 is 15.5 Å². The Hall–Kier alpha value is -1.95. The molecule has 0 bridgehead atoms. The van der Waals surface area contributed by atoms with Crippen molar-refractivity contribution in [3.8, 4) is 5.75 Å². The van der Waals surface area contributed by atoms with Crippen LogP contribution in [0.15, 0.2) is 34.2 Å². The number of aryl methyl sites for hydroxylation is 2. The average Bonchev–Trinajstić information content (AvgIpc) is 2.90. The summed E-state index contributed by atoms with van der Waals surface area (Å²) in [5, 5.41) is 0.526. The van der Waals surface area contributed by atoms with Crippen LogP contribution in [0.3, 0.4) is 0 Å². The van der Waals surface area contributed by atoms with Crippen LogP contribution in [-0.4, -0.2) is 22.3 Å². The van der Waals surface area contributed by atoms with E-state index in [1.807, 2.05) is 6.07 Å². The van der Waals surface area contributed by atoms with Crippen LogP contribution < -0.4 is 16.0 Å². The number of nitrogens with two attached hydrogens (primary N) is 1. The van der Waals surface area contributed by atoms with Crippen LogP contribution in [0, 0.1) is 0 Å². The lowest BCUT2D eigenvalue weighted by Gasteiger charge is -2.08. The van der Waals surface area contributed by atoms with E-state index in [4.69, 9.17) is 10.5 Å². The lowest BCUT2D eigenvalue weighted by atomic mass is 10.1. The first-order valence-corrected chi connectivity index (χ1v) is 7.93. The summed E-state index contributed by atoms with van der Waals surface area (Å²) >= 11 is 1.42. The molecule has 0 radical (unpaired) electrons. The zero-order valence-electron chi connectivity index (χ0n) is 11.6. The van der Waals surface area contributed by atoms with E-state index in [0.29, 0.717) is 17.5 Å². The number of thioether (sulfide) groups is 1. The Morgan fingerprint density at radius 1 is 1.29 bits per heavy atom. The van der Waals surface area contributed by atoms with Gasteiger partial charge in [-0.2, -0.15) is 0 Å². The molecule has 5 nitrogen and oxygen atoms in total. The summed E-state index contributed by atoms with van der Waals surface area (Å²) in [5.41, 5.74) is 8.15. The second-order valence-corrected chi connectivity index (χ2v) is 6.04. The van der Waals surface area contributed by atoms with Crippen molar-refractivity contribution in [1.29, 1.82) is 0 Å². The summed E-state index contributed by atoms with van der Waals surface area (Å²) in [5.74, 6) is 1.84. The number of aromatic amines is 1. The van der Waals surface area contributed by atoms with Gasteiger partial charge in [-0.15, -0.1) is 0 Å². The topological polar surface area (TPSA) is 81.0 Å². The number of ether oxygens (including phenoxy) is 1. The first-order chi connectivity index (χ1) is 10.2. The van der Waals surface area contributed by atoms with E-state index < -0.39 is 0 Å². The minimum Gasteiger partial charge on any atom is -0.493 e. The van der Waals surface area contributed by atoms with E-state index in [9.17, 15) is 4.79 Å². The van der Waals surface area contributed by atoms with Gasteiger partial charge in [-0.05, 0) is 42.5 Å². The van der Waals surface area contributed by atoms with Crippen LogP contribution in [0.25, 0.3) is 0 Å². The molecule has 6 heteroatoms. The normalized spacial score (nSPS) is 13.1. The van der Waals surface area contributed by atoms with Gasteiger partial charge in [0.1, 0.15) is 11.6 Å². The maximum absolute atomic E-state index is 11.3. The van der Waals surface area contributed by atoms with Gasteiger partial charge in [0.25, 0.3) is 5.56 Å². The third-order valence-corrected chi connectivity index (χ3v) is 4.24. The zero-order chi connectivity index (χ0) is 14.7. The van der Waals surface area contributed by atoms with Gasteiger partial charge in [-0.25, -0.2) is 4.98 Å². The molecule has 1 aromatic carbocycles. The Balaban J connectivity index is 1.51. The number of hydrogen-bond acceptors (Lipinski definition) is 5. The van der Waals surface area contributed by atoms with Crippen LogP contribution >= 0.6 is 11.8 Å². The first-order valence-electron chi connectivity index (χ1n) is 6.95. The minimum atomic E-state index is -0.232. The van der Waals surface area contributed by atoms with Gasteiger partial charge in [-0.1, -0.05) is 17.8 Å². The van der Waals surface area contributed by atoms with Crippen LogP contribution in [0.4, 0.5) is 5.82 Å². The molecular weight excluding hydrogens is 286 g/mol. The summed E-state index contributed by atoms with van der Waals surface area (Å²) in [6.07, 6.45) is 3.57. The highest BCUT2D eigenvalue weighted by molar-refractivity contribution is 7.99. The number of anilines is 1. The number of nitrogens with one attached hydrogen (secondary N) is 1. The van der Waals surface area contributed by atoms with Crippen molar-refractivity contribution >= 4 is 17.6 Å². The fourth-order valence-electron chi connectivity index (χ4n) is 2.46. The third-order valence-electron chi connectivity index (χ3n) is 3.40. The first kappa shape index (κ1) is 14.0. The number of nitrogen functional groups attached to an aromatic ring is 1. The fourth-order valence-corrected chi connectivity index (χ4v) is 3.16. The quantitative estimate of drug-likeness (QED) is 0.502. The van der Waals surface area contributed by atoms with E-state index in [-0.39, 0.29) is 11.4 Å². The van der Waals surface area contributed by atoms with Crippen molar-refractivity contribution in [2.24, 2.45) is 0 Å². The van der Waals surface area contributed by atoms with Gasteiger partial charge in [0, 0.05) is 11.8 Å². The van der Waals surface area contributed by atoms with Gasteiger partial charge >= 0.3 is 0 Å². The Bertz CT molecular complexity index is 700. The summed E-state index contributed by atoms with van der Waals surface area (Å²) < 4.78 is 5.74. The van der Waals surface area contributed by atoms with E-state index in [0.717, 1.165) is 12.2 Å². The molecule has 0 saturated carbocycles. The second kappa shape index (κ2) is 6.22. The lowest BCUT2D eigenvalue weighted by Crippen LogP contribution is -2.10. The molecule has 0 saturated heterocycles. The Kier molecular flexibility index (Phi) is 4.15. The SMILES string of the molecule is Nc1cc(=O)[nH]c(SCCOc2ccc3c(c2)CCC3)n1. The lowest BCUT2D eigenvalue weighted by molar-refractivity contribution is 0.343. The summed E-state index contributed by atoms with van der Waals surface area (Å²) in [4.78, 5) is 18.0. The highest BCUT2D eigenvalue weighted by Crippen LogP contribution is 2.26. The number of hydrogen-bond donors (Lipinski definition) is 2. The monoisotopic (exact) mass is 303 g/mol. The van der Waals surface area contributed by atoms with Crippen molar-refractivity contribution in [2.45, 2.75) is 24.4 Å². The van der Waals surface area contributed by atoms with E-state index in [1.54, 1.807) is 0 Å². The van der Waals surface area contributed by atoms with Crippen molar-refractivity contribution < 1.29 is 4.74 Å². The zero-order valence-corrected chi connectivity index (χ0v) is 12.4. The second-order valence-electron chi connectivity index (χ2n) is 4.96. The summed E-state index contributed by atoms with van der Waals surface area (Å²) in [6, 6.07) is 7.58. The Labute approximate surface area is 126 Å². The Morgan fingerprint density at radius 3 is 3.00 bits per heavy atom. The predicted molar refractivity (Wildman–Crippen MR) is 84.0 cm³/mol. The van der Waals surface area contributed by atoms with E-state index in [2.05, 4.69) is 22.1 Å². The molecule has 0 amide bonds. The van der Waals surface area contributed by atoms with Crippen LogP contribution in [0.2, 0.25) is 0 Å². The summed E-state index contributed by atoms with van der Waals surface area (Å²) in [6.45, 7) is 0.558.